The summed E-state index contributed by atoms with van der Waals surface area (Å²) in [6.45, 7) is 7.22. The Morgan fingerprint density at radius 3 is 2.23 bits per heavy atom. The van der Waals surface area contributed by atoms with Crippen LogP contribution in [0.25, 0.3) is 0 Å². The maximum Gasteiger partial charge on any atom is 0.338 e. The van der Waals surface area contributed by atoms with Crippen LogP contribution < -0.4 is 0 Å². The van der Waals surface area contributed by atoms with Crippen molar-refractivity contribution in [1.29, 1.82) is 0 Å². The molecule has 0 saturated heterocycles. The van der Waals surface area contributed by atoms with Gasteiger partial charge < -0.3 is 4.74 Å². The average Bonchev–Trinajstić information content (AvgIpc) is 2.65. The lowest BCUT2D eigenvalue weighted by Crippen LogP contribution is -2.20. The molecule has 0 bridgehead atoms. The van der Waals surface area contributed by atoms with Gasteiger partial charge in [-0.15, -0.1) is 0 Å². The number of carbonyl (C=O) groups is 3. The Labute approximate surface area is 154 Å². The summed E-state index contributed by atoms with van der Waals surface area (Å²) in [6, 6.07) is 8.82. The van der Waals surface area contributed by atoms with E-state index in [0.29, 0.717) is 40.7 Å². The molecule has 4 nitrogen and oxygen atoms in total. The maximum atomic E-state index is 12.4. The average molecular weight is 352 g/mol. The first-order valence-corrected chi connectivity index (χ1v) is 8.67. The summed E-state index contributed by atoms with van der Waals surface area (Å²) >= 11 is 0. The van der Waals surface area contributed by atoms with Gasteiger partial charge in [0, 0.05) is 22.3 Å². The molecule has 0 heterocycles. The molecule has 1 aromatic carbocycles. The molecule has 1 aromatic rings. The molecule has 0 saturated carbocycles. The largest absolute Gasteiger partial charge is 0.458 e. The van der Waals surface area contributed by atoms with E-state index in [-0.39, 0.29) is 24.1 Å². The lowest BCUT2D eigenvalue weighted by Gasteiger charge is -2.18. The Morgan fingerprint density at radius 2 is 1.58 bits per heavy atom. The van der Waals surface area contributed by atoms with Gasteiger partial charge in [-0.3, -0.25) is 9.59 Å². The van der Waals surface area contributed by atoms with Crippen molar-refractivity contribution in [3.8, 4) is 0 Å². The topological polar surface area (TPSA) is 60.4 Å². The first kappa shape index (κ1) is 19.6. The van der Waals surface area contributed by atoms with Gasteiger partial charge in [0.25, 0.3) is 0 Å². The molecule has 26 heavy (non-hydrogen) atoms. The van der Waals surface area contributed by atoms with E-state index in [9.17, 15) is 14.4 Å². The Hall–Kier alpha value is -2.75. The summed E-state index contributed by atoms with van der Waals surface area (Å²) in [5.41, 5.74) is 3.73. The van der Waals surface area contributed by atoms with E-state index in [1.165, 1.54) is 0 Å². The van der Waals surface area contributed by atoms with Gasteiger partial charge in [0.05, 0.1) is 5.56 Å². The van der Waals surface area contributed by atoms with Crippen LogP contribution in [0.1, 0.15) is 50.9 Å². The molecule has 0 aliphatic heterocycles. The number of benzene rings is 1. The molecule has 136 valence electrons. The standard InChI is InChI=1S/C22H24O4/c1-14(12-13-26-22(25)18-8-6-5-7-9-18)10-11-19-17(4)20(23)15(2)16(3)21(19)24/h5-9,12H,10-11,13H2,1-4H3/b14-12+. The minimum atomic E-state index is -0.363. The quantitative estimate of drug-likeness (QED) is 0.433. The third kappa shape index (κ3) is 4.45. The van der Waals surface area contributed by atoms with Crippen LogP contribution in [-0.4, -0.2) is 24.1 Å². The Morgan fingerprint density at radius 1 is 0.962 bits per heavy atom. The van der Waals surface area contributed by atoms with E-state index in [0.717, 1.165) is 5.57 Å². The molecular weight excluding hydrogens is 328 g/mol. The van der Waals surface area contributed by atoms with E-state index in [4.69, 9.17) is 4.74 Å². The Bertz CT molecular complexity index is 823. The van der Waals surface area contributed by atoms with Crippen molar-refractivity contribution in [2.75, 3.05) is 6.61 Å². The van der Waals surface area contributed by atoms with Gasteiger partial charge in [-0.2, -0.15) is 0 Å². The van der Waals surface area contributed by atoms with Crippen LogP contribution in [0.4, 0.5) is 0 Å². The third-order valence-electron chi connectivity index (χ3n) is 4.74. The van der Waals surface area contributed by atoms with Crippen LogP contribution in [0.5, 0.6) is 0 Å². The summed E-state index contributed by atoms with van der Waals surface area (Å²) in [6.07, 6.45) is 2.98. The SMILES string of the molecule is CC1=C(C)C(=O)C(CC/C(C)=C/COC(=O)c2ccccc2)=C(C)C1=O. The van der Waals surface area contributed by atoms with Crippen molar-refractivity contribution in [1.82, 2.24) is 0 Å². The predicted octanol–water partition coefficient (Wildman–Crippen LogP) is 4.37. The number of hydrogen-bond acceptors (Lipinski definition) is 4. The van der Waals surface area contributed by atoms with Gasteiger partial charge in [-0.05, 0) is 58.7 Å². The fourth-order valence-corrected chi connectivity index (χ4v) is 2.80. The highest BCUT2D eigenvalue weighted by Gasteiger charge is 2.27. The molecule has 1 aliphatic rings. The van der Waals surface area contributed by atoms with Crippen molar-refractivity contribution >= 4 is 17.5 Å². The first-order chi connectivity index (χ1) is 12.3. The summed E-state index contributed by atoms with van der Waals surface area (Å²) in [7, 11) is 0. The number of ketones is 2. The lowest BCUT2D eigenvalue weighted by atomic mass is 9.83. The van der Waals surface area contributed by atoms with Gasteiger partial charge in [0.15, 0.2) is 11.6 Å². The van der Waals surface area contributed by atoms with E-state index in [1.807, 2.05) is 19.1 Å². The second-order valence-electron chi connectivity index (χ2n) is 6.53. The molecule has 0 aromatic heterocycles. The second kappa shape index (κ2) is 8.56. The van der Waals surface area contributed by atoms with Crippen LogP contribution in [0.15, 0.2) is 64.3 Å². The van der Waals surface area contributed by atoms with Crippen molar-refractivity contribution in [3.05, 3.63) is 69.8 Å². The van der Waals surface area contributed by atoms with Gasteiger partial charge in [0.1, 0.15) is 6.61 Å². The fraction of sp³-hybridized carbons (Fsp3) is 0.318. The fourth-order valence-electron chi connectivity index (χ4n) is 2.80. The molecule has 0 fully saturated rings. The molecule has 0 amide bonds. The van der Waals surface area contributed by atoms with E-state index in [2.05, 4.69) is 0 Å². The van der Waals surface area contributed by atoms with E-state index < -0.39 is 0 Å². The molecule has 0 radical (unpaired) electrons. The molecular formula is C22H24O4. The Balaban J connectivity index is 1.91. The normalized spacial score (nSPS) is 15.6. The number of rotatable bonds is 6. The third-order valence-corrected chi connectivity index (χ3v) is 4.74. The molecule has 2 rings (SSSR count). The van der Waals surface area contributed by atoms with Crippen molar-refractivity contribution < 1.29 is 19.1 Å². The molecule has 1 aliphatic carbocycles. The summed E-state index contributed by atoms with van der Waals surface area (Å²) in [5.74, 6) is -0.448. The van der Waals surface area contributed by atoms with E-state index >= 15 is 0 Å². The second-order valence-corrected chi connectivity index (χ2v) is 6.53. The monoisotopic (exact) mass is 352 g/mol. The molecule has 0 unspecified atom stereocenters. The minimum absolute atomic E-state index is 0.0390. The smallest absolute Gasteiger partial charge is 0.338 e. The number of ether oxygens (including phenoxy) is 1. The number of carbonyl (C=O) groups excluding carboxylic acids is 3. The summed E-state index contributed by atoms with van der Waals surface area (Å²) < 4.78 is 5.23. The first-order valence-electron chi connectivity index (χ1n) is 8.67. The summed E-state index contributed by atoms with van der Waals surface area (Å²) in [4.78, 5) is 36.5. The minimum Gasteiger partial charge on any atom is -0.458 e. The van der Waals surface area contributed by atoms with Crippen LogP contribution in [0, 0.1) is 0 Å². The molecule has 4 heteroatoms. The van der Waals surface area contributed by atoms with Crippen LogP contribution >= 0.6 is 0 Å². The number of hydrogen-bond donors (Lipinski definition) is 0. The van der Waals surface area contributed by atoms with Crippen molar-refractivity contribution in [2.45, 2.75) is 40.5 Å². The zero-order valence-corrected chi connectivity index (χ0v) is 15.7. The number of Topliss-reactive ketones (excluding diaryl/α,β-unsaturated/α-hetero) is 2. The van der Waals surface area contributed by atoms with Crippen molar-refractivity contribution in [3.63, 3.8) is 0 Å². The lowest BCUT2D eigenvalue weighted by molar-refractivity contribution is -0.116. The zero-order valence-electron chi connectivity index (χ0n) is 15.7. The van der Waals surface area contributed by atoms with Gasteiger partial charge in [-0.25, -0.2) is 4.79 Å². The molecule has 0 atom stereocenters. The van der Waals surface area contributed by atoms with Crippen LogP contribution in [-0.2, 0) is 14.3 Å². The Kier molecular flexibility index (Phi) is 6.45. The highest BCUT2D eigenvalue weighted by Crippen LogP contribution is 2.27. The van der Waals surface area contributed by atoms with E-state index in [1.54, 1.807) is 45.0 Å². The predicted molar refractivity (Wildman–Crippen MR) is 101 cm³/mol. The number of esters is 1. The molecule has 0 N–H and O–H groups in total. The molecule has 0 spiro atoms. The highest BCUT2D eigenvalue weighted by molar-refractivity contribution is 6.24. The van der Waals surface area contributed by atoms with Crippen LogP contribution in [0.3, 0.4) is 0 Å². The van der Waals surface area contributed by atoms with Crippen molar-refractivity contribution in [2.24, 2.45) is 0 Å². The van der Waals surface area contributed by atoms with Gasteiger partial charge in [-0.1, -0.05) is 23.8 Å². The van der Waals surface area contributed by atoms with Crippen LogP contribution in [0.2, 0.25) is 0 Å². The highest BCUT2D eigenvalue weighted by atomic mass is 16.5. The van der Waals surface area contributed by atoms with Gasteiger partial charge >= 0.3 is 5.97 Å². The number of allylic oxidation sites excluding steroid dienone is 5. The maximum absolute atomic E-state index is 12.4. The zero-order chi connectivity index (χ0) is 19.3. The van der Waals surface area contributed by atoms with Gasteiger partial charge in [0.2, 0.25) is 0 Å². The summed E-state index contributed by atoms with van der Waals surface area (Å²) in [5, 5.41) is 0.